The van der Waals surface area contributed by atoms with Crippen molar-refractivity contribution >= 4 is 0 Å². The zero-order chi connectivity index (χ0) is 14.0. The van der Waals surface area contributed by atoms with Crippen LogP contribution in [0.15, 0.2) is 24.3 Å². The Balaban J connectivity index is 1.64. The van der Waals surface area contributed by atoms with Crippen LogP contribution in [0.4, 0.5) is 4.39 Å². The van der Waals surface area contributed by atoms with Crippen LogP contribution in [0, 0.1) is 11.7 Å². The van der Waals surface area contributed by atoms with Crippen molar-refractivity contribution in [3.63, 3.8) is 0 Å². The standard InChI is InChI=1S/C17H24FNO/c18-15-8-6-14(7-9-15)16(13-4-5-13)19-12-17(20)10-2-1-3-11-17/h6-9,13,16,19-20H,1-5,10-12H2. The molecular weight excluding hydrogens is 253 g/mol. The highest BCUT2D eigenvalue weighted by molar-refractivity contribution is 5.22. The molecule has 0 aromatic heterocycles. The Morgan fingerprint density at radius 1 is 1.15 bits per heavy atom. The lowest BCUT2D eigenvalue weighted by Gasteiger charge is -2.34. The normalized spacial score (nSPS) is 23.5. The van der Waals surface area contributed by atoms with Crippen LogP contribution >= 0.6 is 0 Å². The molecule has 20 heavy (non-hydrogen) atoms. The summed E-state index contributed by atoms with van der Waals surface area (Å²) in [4.78, 5) is 0. The maximum atomic E-state index is 13.0. The van der Waals surface area contributed by atoms with E-state index < -0.39 is 5.60 Å². The molecule has 110 valence electrons. The zero-order valence-corrected chi connectivity index (χ0v) is 11.9. The first kappa shape index (κ1) is 14.0. The Morgan fingerprint density at radius 3 is 2.40 bits per heavy atom. The van der Waals surface area contributed by atoms with Crippen molar-refractivity contribution in [3.05, 3.63) is 35.6 Å². The van der Waals surface area contributed by atoms with Crippen molar-refractivity contribution in [2.75, 3.05) is 6.54 Å². The van der Waals surface area contributed by atoms with Gasteiger partial charge in [-0.25, -0.2) is 4.39 Å². The lowest BCUT2D eigenvalue weighted by Crippen LogP contribution is -2.43. The van der Waals surface area contributed by atoms with E-state index in [1.807, 2.05) is 12.1 Å². The minimum Gasteiger partial charge on any atom is -0.389 e. The predicted octanol–water partition coefficient (Wildman–Crippen LogP) is 3.56. The largest absolute Gasteiger partial charge is 0.389 e. The summed E-state index contributed by atoms with van der Waals surface area (Å²) in [6.07, 6.45) is 7.76. The molecule has 0 aliphatic heterocycles. The van der Waals surface area contributed by atoms with Crippen LogP contribution in [0.3, 0.4) is 0 Å². The molecular formula is C17H24FNO. The molecule has 1 unspecified atom stereocenters. The Labute approximate surface area is 120 Å². The quantitative estimate of drug-likeness (QED) is 0.862. The average Bonchev–Trinajstić information content (AvgIpc) is 3.26. The van der Waals surface area contributed by atoms with Crippen molar-refractivity contribution in [1.82, 2.24) is 5.32 Å². The summed E-state index contributed by atoms with van der Waals surface area (Å²) < 4.78 is 13.0. The first-order valence-corrected chi connectivity index (χ1v) is 7.88. The molecule has 2 aliphatic rings. The average molecular weight is 277 g/mol. The Bertz CT molecular complexity index is 435. The highest BCUT2D eigenvalue weighted by Gasteiger charge is 2.35. The lowest BCUT2D eigenvalue weighted by atomic mass is 9.84. The van der Waals surface area contributed by atoms with Crippen molar-refractivity contribution < 1.29 is 9.50 Å². The number of hydrogen-bond acceptors (Lipinski definition) is 2. The Kier molecular flexibility index (Phi) is 4.08. The van der Waals surface area contributed by atoms with Crippen LogP contribution in [0.25, 0.3) is 0 Å². The molecule has 2 N–H and O–H groups in total. The van der Waals surface area contributed by atoms with Crippen LogP contribution in [-0.4, -0.2) is 17.3 Å². The fourth-order valence-corrected chi connectivity index (χ4v) is 3.34. The van der Waals surface area contributed by atoms with Gasteiger partial charge in [0.2, 0.25) is 0 Å². The van der Waals surface area contributed by atoms with Gasteiger partial charge in [-0.05, 0) is 49.3 Å². The molecule has 0 saturated heterocycles. The number of benzene rings is 1. The van der Waals surface area contributed by atoms with E-state index in [2.05, 4.69) is 5.32 Å². The summed E-state index contributed by atoms with van der Waals surface area (Å²) in [6.45, 7) is 0.658. The number of nitrogens with one attached hydrogen (secondary N) is 1. The third kappa shape index (κ3) is 3.39. The molecule has 1 aromatic rings. The van der Waals surface area contributed by atoms with Crippen LogP contribution in [0.2, 0.25) is 0 Å². The number of aliphatic hydroxyl groups is 1. The van der Waals surface area contributed by atoms with E-state index in [9.17, 15) is 9.50 Å². The predicted molar refractivity (Wildman–Crippen MR) is 77.9 cm³/mol. The minimum absolute atomic E-state index is 0.186. The monoisotopic (exact) mass is 277 g/mol. The van der Waals surface area contributed by atoms with Gasteiger partial charge in [-0.15, -0.1) is 0 Å². The van der Waals surface area contributed by atoms with Crippen LogP contribution in [0.5, 0.6) is 0 Å². The smallest absolute Gasteiger partial charge is 0.123 e. The van der Waals surface area contributed by atoms with Gasteiger partial charge in [0.25, 0.3) is 0 Å². The molecule has 1 aromatic carbocycles. The molecule has 2 saturated carbocycles. The number of hydrogen-bond donors (Lipinski definition) is 2. The van der Waals surface area contributed by atoms with Crippen molar-refractivity contribution in [2.24, 2.45) is 5.92 Å². The summed E-state index contributed by atoms with van der Waals surface area (Å²) in [6, 6.07) is 7.07. The maximum Gasteiger partial charge on any atom is 0.123 e. The lowest BCUT2D eigenvalue weighted by molar-refractivity contribution is 0.00201. The molecule has 2 fully saturated rings. The van der Waals surface area contributed by atoms with Gasteiger partial charge in [0.05, 0.1) is 5.60 Å². The summed E-state index contributed by atoms with van der Waals surface area (Å²) in [5.74, 6) is 0.460. The highest BCUT2D eigenvalue weighted by atomic mass is 19.1. The summed E-state index contributed by atoms with van der Waals surface area (Å²) in [5.41, 5.74) is 0.610. The van der Waals surface area contributed by atoms with Crippen molar-refractivity contribution in [2.45, 2.75) is 56.6 Å². The zero-order valence-electron chi connectivity index (χ0n) is 11.9. The molecule has 3 rings (SSSR count). The second kappa shape index (κ2) is 5.82. The SMILES string of the molecule is OC1(CNC(c2ccc(F)cc2)C2CC2)CCCCC1. The first-order valence-electron chi connectivity index (χ1n) is 7.88. The summed E-state index contributed by atoms with van der Waals surface area (Å²) in [7, 11) is 0. The van der Waals surface area contributed by atoms with Crippen LogP contribution < -0.4 is 5.32 Å². The van der Waals surface area contributed by atoms with Gasteiger partial charge in [-0.1, -0.05) is 31.4 Å². The van der Waals surface area contributed by atoms with E-state index in [4.69, 9.17) is 0 Å². The minimum atomic E-state index is -0.536. The number of halogens is 1. The van der Waals surface area contributed by atoms with Gasteiger partial charge in [-0.3, -0.25) is 0 Å². The molecule has 0 heterocycles. The second-order valence-corrected chi connectivity index (χ2v) is 6.53. The van der Waals surface area contributed by atoms with E-state index in [1.165, 1.54) is 31.4 Å². The summed E-state index contributed by atoms with van der Waals surface area (Å²) >= 11 is 0. The van der Waals surface area contributed by atoms with Gasteiger partial charge >= 0.3 is 0 Å². The summed E-state index contributed by atoms with van der Waals surface area (Å²) in [5, 5.41) is 14.1. The van der Waals surface area contributed by atoms with Gasteiger partial charge in [0, 0.05) is 12.6 Å². The Morgan fingerprint density at radius 2 is 1.80 bits per heavy atom. The molecule has 3 heteroatoms. The molecule has 0 bridgehead atoms. The van der Waals surface area contributed by atoms with E-state index in [1.54, 1.807) is 0 Å². The van der Waals surface area contributed by atoms with Gasteiger partial charge < -0.3 is 10.4 Å². The van der Waals surface area contributed by atoms with E-state index in [0.29, 0.717) is 12.5 Å². The fraction of sp³-hybridized carbons (Fsp3) is 0.647. The number of rotatable bonds is 5. The third-order valence-corrected chi connectivity index (χ3v) is 4.76. The van der Waals surface area contributed by atoms with Gasteiger partial charge in [0.15, 0.2) is 0 Å². The van der Waals surface area contributed by atoms with E-state index in [-0.39, 0.29) is 11.9 Å². The Hall–Kier alpha value is -0.930. The van der Waals surface area contributed by atoms with Crippen LogP contribution in [-0.2, 0) is 0 Å². The topological polar surface area (TPSA) is 32.3 Å². The molecule has 2 nitrogen and oxygen atoms in total. The molecule has 0 radical (unpaired) electrons. The van der Waals surface area contributed by atoms with Crippen molar-refractivity contribution in [3.8, 4) is 0 Å². The molecule has 0 amide bonds. The highest BCUT2D eigenvalue weighted by Crippen LogP contribution is 2.41. The molecule has 2 aliphatic carbocycles. The second-order valence-electron chi connectivity index (χ2n) is 6.53. The van der Waals surface area contributed by atoms with E-state index in [0.717, 1.165) is 31.2 Å². The fourth-order valence-electron chi connectivity index (χ4n) is 3.34. The van der Waals surface area contributed by atoms with Gasteiger partial charge in [-0.2, -0.15) is 0 Å². The molecule has 0 spiro atoms. The van der Waals surface area contributed by atoms with Gasteiger partial charge in [0.1, 0.15) is 5.82 Å². The van der Waals surface area contributed by atoms with E-state index >= 15 is 0 Å². The third-order valence-electron chi connectivity index (χ3n) is 4.76. The maximum absolute atomic E-state index is 13.0. The first-order chi connectivity index (χ1) is 9.66. The van der Waals surface area contributed by atoms with Crippen molar-refractivity contribution in [1.29, 1.82) is 0 Å². The molecule has 1 atom stereocenters. The van der Waals surface area contributed by atoms with Crippen LogP contribution in [0.1, 0.15) is 56.6 Å².